The molecule has 0 aliphatic rings. The Morgan fingerprint density at radius 2 is 1.95 bits per heavy atom. The predicted octanol–water partition coefficient (Wildman–Crippen LogP) is 3.59. The van der Waals surface area contributed by atoms with Crippen molar-refractivity contribution in [3.63, 3.8) is 0 Å². The second-order valence-corrected chi connectivity index (χ2v) is 4.82. The van der Waals surface area contributed by atoms with E-state index in [0.29, 0.717) is 16.4 Å². The zero-order valence-electron chi connectivity index (χ0n) is 10.9. The Kier molecular flexibility index (Phi) is 3.46. The number of aromatic hydroxyl groups is 1. The minimum Gasteiger partial charge on any atom is -0.508 e. The quantitative estimate of drug-likeness (QED) is 0.594. The van der Waals surface area contributed by atoms with Crippen molar-refractivity contribution in [2.24, 2.45) is 0 Å². The second-order valence-electron chi connectivity index (χ2n) is 4.46. The summed E-state index contributed by atoms with van der Waals surface area (Å²) in [5, 5.41) is 9.56. The average molecular weight is 299 g/mol. The maximum Gasteiger partial charge on any atom is 0.185 e. The first-order chi connectivity index (χ1) is 10.1. The number of halogens is 1. The Labute approximate surface area is 125 Å². The molecule has 1 N–H and O–H groups in total. The molecule has 0 amide bonds. The molecule has 0 atom stereocenters. The van der Waals surface area contributed by atoms with Crippen LogP contribution in [0.2, 0.25) is 5.15 Å². The van der Waals surface area contributed by atoms with Crippen molar-refractivity contribution in [1.29, 1.82) is 0 Å². The molecule has 0 saturated carbocycles. The summed E-state index contributed by atoms with van der Waals surface area (Å²) < 4.78 is 1.81. The number of carbonyl (C=O) groups is 1. The number of ketones is 1. The molecule has 3 aromatic rings. The molecule has 5 heteroatoms. The van der Waals surface area contributed by atoms with Gasteiger partial charge in [-0.2, -0.15) is 0 Å². The lowest BCUT2D eigenvalue weighted by Crippen LogP contribution is -1.94. The van der Waals surface area contributed by atoms with Gasteiger partial charge < -0.3 is 5.11 Å². The fourth-order valence-corrected chi connectivity index (χ4v) is 2.25. The van der Waals surface area contributed by atoms with Crippen molar-refractivity contribution in [1.82, 2.24) is 9.38 Å². The predicted molar refractivity (Wildman–Crippen MR) is 81.7 cm³/mol. The van der Waals surface area contributed by atoms with E-state index in [1.54, 1.807) is 18.2 Å². The lowest BCUT2D eigenvalue weighted by Gasteiger charge is -1.97. The number of phenolic OH excluding ortho intramolecular Hbond substituents is 1. The van der Waals surface area contributed by atoms with Crippen LogP contribution >= 0.6 is 11.6 Å². The molecule has 2 heterocycles. The summed E-state index contributed by atoms with van der Waals surface area (Å²) in [6, 6.07) is 11.7. The van der Waals surface area contributed by atoms with Crippen LogP contribution in [-0.2, 0) is 0 Å². The van der Waals surface area contributed by atoms with Gasteiger partial charge in [0.2, 0.25) is 0 Å². The van der Waals surface area contributed by atoms with E-state index in [9.17, 15) is 9.90 Å². The summed E-state index contributed by atoms with van der Waals surface area (Å²) in [6.45, 7) is 0. The molecule has 2 aromatic heterocycles. The van der Waals surface area contributed by atoms with Crippen LogP contribution in [0.5, 0.6) is 5.75 Å². The molecule has 4 nitrogen and oxygen atoms in total. The van der Waals surface area contributed by atoms with E-state index in [0.717, 1.165) is 5.65 Å². The molecule has 21 heavy (non-hydrogen) atoms. The zero-order valence-corrected chi connectivity index (χ0v) is 11.7. The van der Waals surface area contributed by atoms with Crippen LogP contribution in [0.25, 0.3) is 11.7 Å². The monoisotopic (exact) mass is 298 g/mol. The molecule has 1 aromatic carbocycles. The number of imidazole rings is 1. The van der Waals surface area contributed by atoms with Gasteiger partial charge in [-0.05, 0) is 48.6 Å². The van der Waals surface area contributed by atoms with Gasteiger partial charge in [0.15, 0.2) is 10.9 Å². The van der Waals surface area contributed by atoms with Gasteiger partial charge >= 0.3 is 0 Å². The highest BCUT2D eigenvalue weighted by atomic mass is 35.5. The van der Waals surface area contributed by atoms with Crippen LogP contribution in [0.15, 0.2) is 54.7 Å². The zero-order chi connectivity index (χ0) is 14.8. The Morgan fingerprint density at radius 1 is 1.19 bits per heavy atom. The summed E-state index contributed by atoms with van der Waals surface area (Å²) in [4.78, 5) is 16.3. The highest BCUT2D eigenvalue weighted by Gasteiger charge is 2.08. The Balaban J connectivity index is 1.92. The Morgan fingerprint density at radius 3 is 2.71 bits per heavy atom. The first-order valence-corrected chi connectivity index (χ1v) is 6.67. The van der Waals surface area contributed by atoms with E-state index < -0.39 is 0 Å². The fraction of sp³-hybridized carbons (Fsp3) is 0. The number of carbonyl (C=O) groups excluding carboxylic acids is 1. The van der Waals surface area contributed by atoms with Gasteiger partial charge in [-0.3, -0.25) is 9.20 Å². The van der Waals surface area contributed by atoms with Crippen LogP contribution in [-0.4, -0.2) is 20.3 Å². The summed E-state index contributed by atoms with van der Waals surface area (Å²) in [5.74, 6) is -0.0442. The first kappa shape index (κ1) is 13.4. The highest BCUT2D eigenvalue weighted by molar-refractivity contribution is 6.31. The van der Waals surface area contributed by atoms with Crippen LogP contribution < -0.4 is 0 Å². The Bertz CT molecular complexity index is 835. The summed E-state index contributed by atoms with van der Waals surface area (Å²) >= 11 is 6.09. The van der Waals surface area contributed by atoms with Gasteiger partial charge in [0.1, 0.15) is 11.4 Å². The van der Waals surface area contributed by atoms with E-state index in [2.05, 4.69) is 4.98 Å². The number of pyridine rings is 1. The van der Waals surface area contributed by atoms with Crippen molar-refractivity contribution < 1.29 is 9.90 Å². The van der Waals surface area contributed by atoms with E-state index in [4.69, 9.17) is 11.6 Å². The number of allylic oxidation sites excluding steroid dienone is 1. The van der Waals surface area contributed by atoms with Crippen molar-refractivity contribution in [2.75, 3.05) is 0 Å². The second kappa shape index (κ2) is 5.42. The van der Waals surface area contributed by atoms with Gasteiger partial charge in [0, 0.05) is 11.8 Å². The largest absolute Gasteiger partial charge is 0.508 e. The van der Waals surface area contributed by atoms with Crippen LogP contribution in [0.4, 0.5) is 0 Å². The van der Waals surface area contributed by atoms with E-state index in [-0.39, 0.29) is 11.5 Å². The fourth-order valence-electron chi connectivity index (χ4n) is 2.01. The third kappa shape index (κ3) is 2.66. The molecule has 0 fully saturated rings. The molecule has 0 saturated heterocycles. The van der Waals surface area contributed by atoms with Crippen LogP contribution in [0, 0.1) is 0 Å². The number of rotatable bonds is 3. The summed E-state index contributed by atoms with van der Waals surface area (Å²) in [5.41, 5.74) is 1.87. The molecular formula is C16H11ClN2O2. The van der Waals surface area contributed by atoms with Gasteiger partial charge in [0.05, 0.1) is 5.69 Å². The first-order valence-electron chi connectivity index (χ1n) is 6.29. The molecule has 0 aliphatic carbocycles. The van der Waals surface area contributed by atoms with Crippen molar-refractivity contribution >= 4 is 29.1 Å². The number of fused-ring (bicyclic) bond motifs is 1. The third-order valence-corrected chi connectivity index (χ3v) is 3.34. The SMILES string of the molecule is O=C(/C=C/c1c(Cl)nc2ccccn12)c1ccc(O)cc1. The van der Waals surface area contributed by atoms with Gasteiger partial charge in [-0.1, -0.05) is 17.7 Å². The van der Waals surface area contributed by atoms with Crippen molar-refractivity contribution in [3.8, 4) is 5.75 Å². The summed E-state index contributed by atoms with van der Waals surface area (Å²) in [7, 11) is 0. The third-order valence-electron chi connectivity index (χ3n) is 3.07. The number of hydrogen-bond acceptors (Lipinski definition) is 3. The van der Waals surface area contributed by atoms with E-state index >= 15 is 0 Å². The standard InChI is InChI=1S/C16H11ClN2O2/c17-16-13(19-10-2-1-3-15(19)18-16)8-9-14(21)11-4-6-12(20)7-5-11/h1-10,20H/b9-8+. The van der Waals surface area contributed by atoms with E-state index in [1.807, 2.05) is 28.8 Å². The number of hydrogen-bond donors (Lipinski definition) is 1. The lowest BCUT2D eigenvalue weighted by atomic mass is 10.1. The normalized spacial score (nSPS) is 11.3. The minimum atomic E-state index is -0.169. The maximum atomic E-state index is 12.1. The number of aromatic nitrogens is 2. The average Bonchev–Trinajstić information content (AvgIpc) is 2.81. The number of phenols is 1. The smallest absolute Gasteiger partial charge is 0.185 e. The van der Waals surface area contributed by atoms with E-state index in [1.165, 1.54) is 18.2 Å². The topological polar surface area (TPSA) is 54.6 Å². The highest BCUT2D eigenvalue weighted by Crippen LogP contribution is 2.19. The summed E-state index contributed by atoms with van der Waals surface area (Å²) in [6.07, 6.45) is 4.91. The molecule has 104 valence electrons. The Hall–Kier alpha value is -2.59. The van der Waals surface area contributed by atoms with Gasteiger partial charge in [-0.25, -0.2) is 4.98 Å². The minimum absolute atomic E-state index is 0.125. The molecule has 0 unspecified atom stereocenters. The van der Waals surface area contributed by atoms with Crippen molar-refractivity contribution in [2.45, 2.75) is 0 Å². The molecule has 0 spiro atoms. The van der Waals surface area contributed by atoms with Crippen molar-refractivity contribution in [3.05, 3.63) is 71.1 Å². The van der Waals surface area contributed by atoms with Gasteiger partial charge in [0.25, 0.3) is 0 Å². The van der Waals surface area contributed by atoms with Gasteiger partial charge in [-0.15, -0.1) is 0 Å². The molecule has 0 bridgehead atoms. The number of benzene rings is 1. The molecular weight excluding hydrogens is 288 g/mol. The molecule has 0 radical (unpaired) electrons. The molecule has 3 rings (SSSR count). The molecule has 0 aliphatic heterocycles. The van der Waals surface area contributed by atoms with Crippen LogP contribution in [0.3, 0.4) is 0 Å². The maximum absolute atomic E-state index is 12.1. The number of nitrogens with zero attached hydrogens (tertiary/aromatic N) is 2. The lowest BCUT2D eigenvalue weighted by molar-refractivity contribution is 0.104. The van der Waals surface area contributed by atoms with Crippen LogP contribution in [0.1, 0.15) is 16.1 Å².